The Kier molecular flexibility index (Phi) is 8.62. The van der Waals surface area contributed by atoms with Gasteiger partial charge >= 0.3 is 0 Å². The second-order valence-electron chi connectivity index (χ2n) is 8.12. The lowest BCUT2D eigenvalue weighted by Crippen LogP contribution is -2.54. The number of nitrogens with two attached hydrogens (primary N) is 1. The number of amides is 1. The van der Waals surface area contributed by atoms with E-state index in [4.69, 9.17) is 19.9 Å². The van der Waals surface area contributed by atoms with Crippen molar-refractivity contribution in [3.63, 3.8) is 0 Å². The lowest BCUT2D eigenvalue weighted by atomic mass is 10.1. The molecule has 2 fully saturated rings. The summed E-state index contributed by atoms with van der Waals surface area (Å²) in [4.78, 5) is 12.2. The summed E-state index contributed by atoms with van der Waals surface area (Å²) < 4.78 is 74.6. The Morgan fingerprint density at radius 3 is 2.53 bits per heavy atom. The van der Waals surface area contributed by atoms with Crippen molar-refractivity contribution in [3.05, 3.63) is 51.1 Å². The molecule has 1 amide bonds. The fourth-order valence-corrected chi connectivity index (χ4v) is 5.96. The number of hydrogen-bond acceptors (Lipinski definition) is 7. The molecule has 196 valence electrons. The number of ether oxygens (including phenoxy) is 3. The zero-order valence-electron chi connectivity index (χ0n) is 19.1. The minimum absolute atomic E-state index is 0.0138. The van der Waals surface area contributed by atoms with Crippen LogP contribution in [0, 0.1) is 15.2 Å². The minimum atomic E-state index is -3.71. The SMILES string of the molecule is NC(=O)c1c(Nc2ccc(I)cc2F)cc(F)cc1OCC1CN(S(=O)(=O)N2CCOCC2)CCO1. The number of hydrogen-bond donors (Lipinski definition) is 2. The Morgan fingerprint density at radius 1 is 1.11 bits per heavy atom. The Bertz CT molecular complexity index is 1230. The van der Waals surface area contributed by atoms with E-state index >= 15 is 0 Å². The second-order valence-corrected chi connectivity index (χ2v) is 11.3. The monoisotopic (exact) mass is 638 g/mol. The number of primary amides is 1. The topological polar surface area (TPSA) is 123 Å². The van der Waals surface area contributed by atoms with Gasteiger partial charge in [-0.1, -0.05) is 0 Å². The molecule has 36 heavy (non-hydrogen) atoms. The van der Waals surface area contributed by atoms with Gasteiger partial charge in [0, 0.05) is 35.8 Å². The molecule has 2 heterocycles. The summed E-state index contributed by atoms with van der Waals surface area (Å²) in [6.45, 7) is 1.35. The highest BCUT2D eigenvalue weighted by Crippen LogP contribution is 2.32. The van der Waals surface area contributed by atoms with Crippen LogP contribution in [0.4, 0.5) is 20.2 Å². The van der Waals surface area contributed by atoms with Crippen LogP contribution >= 0.6 is 22.6 Å². The van der Waals surface area contributed by atoms with Crippen molar-refractivity contribution >= 4 is 50.1 Å². The molecule has 4 rings (SSSR count). The van der Waals surface area contributed by atoms with Crippen LogP contribution in [0.2, 0.25) is 0 Å². The van der Waals surface area contributed by atoms with Gasteiger partial charge < -0.3 is 25.3 Å². The van der Waals surface area contributed by atoms with Crippen LogP contribution < -0.4 is 15.8 Å². The standard InChI is InChI=1S/C22H25F2IN4O6S/c23-14-9-19(27-18-2-1-15(25)11-17(18)24)21(22(26)30)20(10-14)35-13-16-12-29(5-8-34-16)36(31,32)28-3-6-33-7-4-28/h1-2,9-11,16,27H,3-8,12-13H2,(H2,26,30). The van der Waals surface area contributed by atoms with Crippen LogP contribution in [0.25, 0.3) is 0 Å². The molecule has 2 saturated heterocycles. The Labute approximate surface area is 221 Å². The summed E-state index contributed by atoms with van der Waals surface area (Å²) in [6.07, 6.45) is -0.677. The molecule has 3 N–H and O–H groups in total. The Balaban J connectivity index is 1.50. The molecule has 0 aliphatic carbocycles. The van der Waals surface area contributed by atoms with Crippen molar-refractivity contribution < 1.29 is 36.2 Å². The molecule has 10 nitrogen and oxygen atoms in total. The summed E-state index contributed by atoms with van der Waals surface area (Å²) in [5.74, 6) is -2.43. The molecule has 0 bridgehead atoms. The van der Waals surface area contributed by atoms with Gasteiger partial charge in [-0.3, -0.25) is 4.79 Å². The van der Waals surface area contributed by atoms with Crippen LogP contribution in [-0.2, 0) is 19.7 Å². The number of nitrogens with zero attached hydrogens (tertiary/aromatic N) is 2. The number of rotatable bonds is 8. The van der Waals surface area contributed by atoms with Gasteiger partial charge in [-0.2, -0.15) is 17.0 Å². The maximum Gasteiger partial charge on any atom is 0.282 e. The van der Waals surface area contributed by atoms with Crippen LogP contribution in [-0.4, -0.2) is 81.6 Å². The Morgan fingerprint density at radius 2 is 1.83 bits per heavy atom. The quantitative estimate of drug-likeness (QED) is 0.425. The first kappa shape index (κ1) is 26.9. The van der Waals surface area contributed by atoms with Crippen LogP contribution in [0.1, 0.15) is 10.4 Å². The molecule has 2 aromatic rings. The Hall–Kier alpha value is -2.11. The van der Waals surface area contributed by atoms with Crippen LogP contribution in [0.3, 0.4) is 0 Å². The van der Waals surface area contributed by atoms with Crippen molar-refractivity contribution in [3.8, 4) is 5.75 Å². The number of anilines is 2. The van der Waals surface area contributed by atoms with Crippen molar-refractivity contribution in [2.24, 2.45) is 5.73 Å². The van der Waals surface area contributed by atoms with Crippen molar-refractivity contribution in [1.82, 2.24) is 8.61 Å². The molecular formula is C22H25F2IN4O6S. The minimum Gasteiger partial charge on any atom is -0.490 e. The van der Waals surface area contributed by atoms with Gasteiger partial charge in [0.15, 0.2) is 0 Å². The van der Waals surface area contributed by atoms with E-state index < -0.39 is 33.9 Å². The highest BCUT2D eigenvalue weighted by atomic mass is 127. The summed E-state index contributed by atoms with van der Waals surface area (Å²) in [5, 5.41) is 2.70. The normalized spacial score (nSPS) is 19.7. The van der Waals surface area contributed by atoms with E-state index in [0.717, 1.165) is 12.1 Å². The predicted octanol–water partition coefficient (Wildman–Crippen LogP) is 2.07. The van der Waals surface area contributed by atoms with E-state index in [9.17, 15) is 22.0 Å². The summed E-state index contributed by atoms with van der Waals surface area (Å²) in [5.41, 5.74) is 5.31. The number of halogens is 3. The second kappa shape index (κ2) is 11.5. The molecule has 2 aliphatic heterocycles. The summed E-state index contributed by atoms with van der Waals surface area (Å²) in [6, 6.07) is 6.37. The van der Waals surface area contributed by atoms with Crippen molar-refractivity contribution in [2.45, 2.75) is 6.10 Å². The zero-order valence-corrected chi connectivity index (χ0v) is 22.1. The van der Waals surface area contributed by atoms with Crippen molar-refractivity contribution in [2.75, 3.05) is 57.9 Å². The lowest BCUT2D eigenvalue weighted by Gasteiger charge is -2.36. The maximum atomic E-state index is 14.4. The average Bonchev–Trinajstić information content (AvgIpc) is 2.84. The third-order valence-electron chi connectivity index (χ3n) is 5.66. The number of carbonyl (C=O) groups is 1. The molecule has 2 aliphatic rings. The van der Waals surface area contributed by atoms with Gasteiger partial charge in [0.05, 0.1) is 31.2 Å². The van der Waals surface area contributed by atoms with E-state index in [1.807, 2.05) is 22.6 Å². The van der Waals surface area contributed by atoms with Gasteiger partial charge in [0.2, 0.25) is 0 Å². The molecule has 0 radical (unpaired) electrons. The fraction of sp³-hybridized carbons (Fsp3) is 0.409. The molecule has 14 heteroatoms. The predicted molar refractivity (Wildman–Crippen MR) is 135 cm³/mol. The van der Waals surface area contributed by atoms with E-state index in [0.29, 0.717) is 16.8 Å². The zero-order chi connectivity index (χ0) is 25.9. The largest absolute Gasteiger partial charge is 0.490 e. The maximum absolute atomic E-state index is 14.4. The van der Waals surface area contributed by atoms with Crippen molar-refractivity contribution in [1.29, 1.82) is 0 Å². The van der Waals surface area contributed by atoms with Crippen LogP contribution in [0.15, 0.2) is 30.3 Å². The number of nitrogens with one attached hydrogen (secondary N) is 1. The van der Waals surface area contributed by atoms with E-state index in [1.165, 1.54) is 20.7 Å². The number of benzene rings is 2. The lowest BCUT2D eigenvalue weighted by molar-refractivity contribution is -0.0275. The van der Waals surface area contributed by atoms with Gasteiger partial charge in [0.1, 0.15) is 35.7 Å². The van der Waals surface area contributed by atoms with Crippen LogP contribution in [0.5, 0.6) is 5.75 Å². The van der Waals surface area contributed by atoms with Gasteiger partial charge in [-0.05, 0) is 46.9 Å². The molecule has 0 aromatic heterocycles. The first-order chi connectivity index (χ1) is 17.1. The molecule has 0 spiro atoms. The average molecular weight is 638 g/mol. The smallest absolute Gasteiger partial charge is 0.282 e. The third-order valence-corrected chi connectivity index (χ3v) is 8.34. The first-order valence-electron chi connectivity index (χ1n) is 11.1. The van der Waals surface area contributed by atoms with Gasteiger partial charge in [-0.25, -0.2) is 8.78 Å². The summed E-state index contributed by atoms with van der Waals surface area (Å²) >= 11 is 1.95. The third kappa shape index (κ3) is 6.23. The van der Waals surface area contributed by atoms with E-state index in [1.54, 1.807) is 6.07 Å². The number of carbonyl (C=O) groups excluding carboxylic acids is 1. The van der Waals surface area contributed by atoms with E-state index in [2.05, 4.69) is 5.32 Å². The molecule has 2 aromatic carbocycles. The molecule has 0 saturated carbocycles. The summed E-state index contributed by atoms with van der Waals surface area (Å²) in [7, 11) is -3.71. The highest BCUT2D eigenvalue weighted by Gasteiger charge is 2.35. The van der Waals surface area contributed by atoms with Gasteiger partial charge in [0.25, 0.3) is 16.1 Å². The number of morpholine rings is 2. The highest BCUT2D eigenvalue weighted by molar-refractivity contribution is 14.1. The molecular weight excluding hydrogens is 613 g/mol. The fourth-order valence-electron chi connectivity index (χ4n) is 3.91. The molecule has 1 unspecified atom stereocenters. The van der Waals surface area contributed by atoms with E-state index in [-0.39, 0.29) is 62.1 Å². The molecule has 1 atom stereocenters. The van der Waals surface area contributed by atoms with Gasteiger partial charge in [-0.15, -0.1) is 0 Å². The first-order valence-corrected chi connectivity index (χ1v) is 13.6.